The molecule has 1 saturated heterocycles. The van der Waals surface area contributed by atoms with E-state index in [1.165, 1.54) is 19.4 Å². The molecule has 0 aliphatic carbocycles. The second-order valence-electron chi connectivity index (χ2n) is 4.49. The van der Waals surface area contributed by atoms with Crippen molar-refractivity contribution in [1.29, 1.82) is 0 Å². The van der Waals surface area contributed by atoms with Gasteiger partial charge >= 0.3 is 0 Å². The molecule has 0 aromatic carbocycles. The minimum Gasteiger partial charge on any atom is -0.432 e. The van der Waals surface area contributed by atoms with Gasteiger partial charge in [0.05, 0.1) is 5.69 Å². The highest BCUT2D eigenvalue weighted by Crippen LogP contribution is 2.20. The number of oxazole rings is 1. The average molecular weight is 224 g/mol. The van der Waals surface area contributed by atoms with E-state index < -0.39 is 0 Å². The highest BCUT2D eigenvalue weighted by molar-refractivity contribution is 5.27. The summed E-state index contributed by atoms with van der Waals surface area (Å²) in [6.45, 7) is 2.68. The van der Waals surface area contributed by atoms with Gasteiger partial charge in [-0.25, -0.2) is 0 Å². The molecular formula is C11H20N4O. The molecule has 5 nitrogen and oxygen atoms in total. The van der Waals surface area contributed by atoms with Crippen LogP contribution in [-0.2, 0) is 6.54 Å². The standard InChI is InChI=1S/C11H20N4O/c1-14-5-3-4-10(7-14)15(2)11-13-9(6-12)8-16-11/h8,10H,3-7,12H2,1-2H3. The van der Waals surface area contributed by atoms with Crippen LogP contribution >= 0.6 is 0 Å². The lowest BCUT2D eigenvalue weighted by Crippen LogP contribution is -2.45. The van der Waals surface area contributed by atoms with E-state index in [0.717, 1.165) is 12.2 Å². The Balaban J connectivity index is 2.02. The number of hydrogen-bond donors (Lipinski definition) is 1. The predicted octanol–water partition coefficient (Wildman–Crippen LogP) is 0.664. The van der Waals surface area contributed by atoms with Gasteiger partial charge in [0, 0.05) is 26.2 Å². The Labute approximate surface area is 96.2 Å². The maximum absolute atomic E-state index is 5.51. The van der Waals surface area contributed by atoms with Crippen molar-refractivity contribution in [2.45, 2.75) is 25.4 Å². The van der Waals surface area contributed by atoms with E-state index in [4.69, 9.17) is 10.2 Å². The van der Waals surface area contributed by atoms with E-state index in [-0.39, 0.29) is 0 Å². The number of likely N-dealkylation sites (N-methyl/N-ethyl adjacent to an activating group) is 2. The molecule has 0 saturated carbocycles. The number of aromatic nitrogens is 1. The zero-order valence-corrected chi connectivity index (χ0v) is 10.0. The van der Waals surface area contributed by atoms with E-state index >= 15 is 0 Å². The molecule has 16 heavy (non-hydrogen) atoms. The second kappa shape index (κ2) is 4.84. The lowest BCUT2D eigenvalue weighted by Gasteiger charge is -2.34. The lowest BCUT2D eigenvalue weighted by molar-refractivity contribution is 0.244. The molecule has 0 amide bonds. The Morgan fingerprint density at radius 2 is 2.50 bits per heavy atom. The molecule has 90 valence electrons. The SMILES string of the molecule is CN1CCCC(N(C)c2nc(CN)co2)C1. The van der Waals surface area contributed by atoms with Crippen molar-refractivity contribution in [3.63, 3.8) is 0 Å². The van der Waals surface area contributed by atoms with Gasteiger partial charge < -0.3 is 20.0 Å². The quantitative estimate of drug-likeness (QED) is 0.817. The third-order valence-corrected chi connectivity index (χ3v) is 3.20. The van der Waals surface area contributed by atoms with Gasteiger partial charge in [-0.15, -0.1) is 0 Å². The van der Waals surface area contributed by atoms with Gasteiger partial charge in [-0.1, -0.05) is 0 Å². The molecule has 0 radical (unpaired) electrons. The fraction of sp³-hybridized carbons (Fsp3) is 0.727. The topological polar surface area (TPSA) is 58.5 Å². The van der Waals surface area contributed by atoms with E-state index in [2.05, 4.69) is 21.8 Å². The number of rotatable bonds is 3. The van der Waals surface area contributed by atoms with E-state index in [1.807, 2.05) is 7.05 Å². The predicted molar refractivity (Wildman–Crippen MR) is 63.3 cm³/mol. The van der Waals surface area contributed by atoms with Crippen molar-refractivity contribution >= 4 is 6.01 Å². The summed E-state index contributed by atoms with van der Waals surface area (Å²) >= 11 is 0. The molecule has 5 heteroatoms. The normalized spacial score (nSPS) is 22.3. The van der Waals surface area contributed by atoms with Gasteiger partial charge in [0.2, 0.25) is 0 Å². The van der Waals surface area contributed by atoms with Gasteiger partial charge in [-0.2, -0.15) is 4.98 Å². The first-order valence-corrected chi connectivity index (χ1v) is 5.76. The smallest absolute Gasteiger partial charge is 0.297 e. The van der Waals surface area contributed by atoms with Crippen LogP contribution < -0.4 is 10.6 Å². The zero-order valence-electron chi connectivity index (χ0n) is 10.0. The van der Waals surface area contributed by atoms with Crippen LogP contribution in [0.25, 0.3) is 0 Å². The van der Waals surface area contributed by atoms with Crippen molar-refractivity contribution in [3.05, 3.63) is 12.0 Å². The third-order valence-electron chi connectivity index (χ3n) is 3.20. The zero-order chi connectivity index (χ0) is 11.5. The Hall–Kier alpha value is -1.07. The summed E-state index contributed by atoms with van der Waals surface area (Å²) < 4.78 is 5.42. The maximum Gasteiger partial charge on any atom is 0.297 e. The number of nitrogens with zero attached hydrogens (tertiary/aromatic N) is 3. The first kappa shape index (κ1) is 11.4. The summed E-state index contributed by atoms with van der Waals surface area (Å²) in [5, 5.41) is 0. The number of piperidine rings is 1. The van der Waals surface area contributed by atoms with Crippen LogP contribution in [0, 0.1) is 0 Å². The minimum absolute atomic E-state index is 0.432. The van der Waals surface area contributed by atoms with E-state index in [0.29, 0.717) is 18.6 Å². The summed E-state index contributed by atoms with van der Waals surface area (Å²) in [6, 6.07) is 1.17. The molecule has 1 aliphatic rings. The Bertz CT molecular complexity index is 338. The summed E-state index contributed by atoms with van der Waals surface area (Å²) in [4.78, 5) is 8.81. The van der Waals surface area contributed by atoms with Crippen molar-refractivity contribution < 1.29 is 4.42 Å². The van der Waals surface area contributed by atoms with Crippen LogP contribution in [0.3, 0.4) is 0 Å². The van der Waals surface area contributed by atoms with Crippen LogP contribution in [0.1, 0.15) is 18.5 Å². The lowest BCUT2D eigenvalue weighted by atomic mass is 10.1. The first-order chi connectivity index (χ1) is 7.70. The number of nitrogens with two attached hydrogens (primary N) is 1. The minimum atomic E-state index is 0.432. The molecule has 0 bridgehead atoms. The third kappa shape index (κ3) is 2.36. The molecule has 2 rings (SSSR count). The highest BCUT2D eigenvalue weighted by Gasteiger charge is 2.23. The van der Waals surface area contributed by atoms with Crippen molar-refractivity contribution in [1.82, 2.24) is 9.88 Å². The fourth-order valence-corrected chi connectivity index (χ4v) is 2.16. The largest absolute Gasteiger partial charge is 0.432 e. The van der Waals surface area contributed by atoms with Crippen molar-refractivity contribution in [2.75, 3.05) is 32.1 Å². The van der Waals surface area contributed by atoms with Crippen LogP contribution in [0.4, 0.5) is 6.01 Å². The molecule has 1 aliphatic heterocycles. The molecule has 1 unspecified atom stereocenters. The molecule has 1 fully saturated rings. The van der Waals surface area contributed by atoms with Crippen molar-refractivity contribution in [3.8, 4) is 0 Å². The summed E-state index contributed by atoms with van der Waals surface area (Å²) in [5.41, 5.74) is 6.33. The monoisotopic (exact) mass is 224 g/mol. The molecule has 2 heterocycles. The van der Waals surface area contributed by atoms with Crippen LogP contribution in [0.5, 0.6) is 0 Å². The molecule has 0 spiro atoms. The second-order valence-corrected chi connectivity index (χ2v) is 4.49. The van der Waals surface area contributed by atoms with Gasteiger partial charge in [0.25, 0.3) is 6.01 Å². The van der Waals surface area contributed by atoms with Crippen LogP contribution in [0.2, 0.25) is 0 Å². The van der Waals surface area contributed by atoms with Crippen molar-refractivity contribution in [2.24, 2.45) is 5.73 Å². The van der Waals surface area contributed by atoms with Crippen LogP contribution in [-0.4, -0.2) is 43.1 Å². The fourth-order valence-electron chi connectivity index (χ4n) is 2.16. The Morgan fingerprint density at radius 3 is 3.12 bits per heavy atom. The van der Waals surface area contributed by atoms with Gasteiger partial charge in [0.1, 0.15) is 6.26 Å². The van der Waals surface area contributed by atoms with E-state index in [1.54, 1.807) is 6.26 Å². The summed E-state index contributed by atoms with van der Waals surface area (Å²) in [5.74, 6) is 0. The Morgan fingerprint density at radius 1 is 1.69 bits per heavy atom. The van der Waals surface area contributed by atoms with Gasteiger partial charge in [-0.3, -0.25) is 0 Å². The average Bonchev–Trinajstić information content (AvgIpc) is 2.76. The van der Waals surface area contributed by atoms with Crippen LogP contribution in [0.15, 0.2) is 10.7 Å². The first-order valence-electron chi connectivity index (χ1n) is 5.76. The summed E-state index contributed by atoms with van der Waals surface area (Å²) in [6.07, 6.45) is 4.06. The van der Waals surface area contributed by atoms with Gasteiger partial charge in [0.15, 0.2) is 0 Å². The van der Waals surface area contributed by atoms with Gasteiger partial charge in [-0.05, 0) is 26.4 Å². The van der Waals surface area contributed by atoms with E-state index in [9.17, 15) is 0 Å². The number of hydrogen-bond acceptors (Lipinski definition) is 5. The number of likely N-dealkylation sites (tertiary alicyclic amines) is 1. The molecule has 2 N–H and O–H groups in total. The molecule has 1 atom stereocenters. The maximum atomic E-state index is 5.51. The molecular weight excluding hydrogens is 204 g/mol. The highest BCUT2D eigenvalue weighted by atomic mass is 16.4. The molecule has 1 aromatic rings. The Kier molecular flexibility index (Phi) is 3.46. The summed E-state index contributed by atoms with van der Waals surface area (Å²) in [7, 11) is 4.19. The number of anilines is 1. The molecule has 1 aromatic heterocycles.